The van der Waals surface area contributed by atoms with E-state index in [0.717, 1.165) is 0 Å². The van der Waals surface area contributed by atoms with E-state index < -0.39 is 21.9 Å². The van der Waals surface area contributed by atoms with Crippen molar-refractivity contribution in [2.45, 2.75) is 25.4 Å². The number of carbonyl (C=O) groups is 1. The van der Waals surface area contributed by atoms with Crippen LogP contribution in [0.4, 0.5) is 0 Å². The summed E-state index contributed by atoms with van der Waals surface area (Å²) in [6.07, 6.45) is -0.801. The number of carbonyl (C=O) groups excluding carboxylic acids is 1. The molecule has 7 nitrogen and oxygen atoms in total. The molecule has 0 fully saturated rings. The molecule has 0 aromatic rings. The highest BCUT2D eigenvalue weighted by molar-refractivity contribution is 5.50. The summed E-state index contributed by atoms with van der Waals surface area (Å²) in [4.78, 5) is 28.5. The molecule has 0 spiro atoms. The van der Waals surface area contributed by atoms with Crippen LogP contribution >= 0.6 is 0 Å². The summed E-state index contributed by atoms with van der Waals surface area (Å²) >= 11 is 0. The van der Waals surface area contributed by atoms with E-state index in [4.69, 9.17) is 0 Å². The van der Waals surface area contributed by atoms with Crippen LogP contribution in [0.15, 0.2) is 0 Å². The molecule has 0 aliphatic carbocycles. The van der Waals surface area contributed by atoms with Gasteiger partial charge in [0.05, 0.1) is 16.3 Å². The average molecular weight is 176 g/mol. The van der Waals surface area contributed by atoms with Crippen LogP contribution in [0.5, 0.6) is 0 Å². The van der Waals surface area contributed by atoms with Crippen LogP contribution in [0.25, 0.3) is 0 Å². The van der Waals surface area contributed by atoms with Gasteiger partial charge in [-0.1, -0.05) is 6.92 Å². The van der Waals surface area contributed by atoms with Gasteiger partial charge in [0.1, 0.15) is 12.7 Å². The number of aldehydes is 1. The molecular formula is C5H8N2O5. The van der Waals surface area contributed by atoms with E-state index in [1.54, 1.807) is 0 Å². The predicted octanol–water partition coefficient (Wildman–Crippen LogP) is 0.235. The maximum atomic E-state index is 10.3. The van der Waals surface area contributed by atoms with Gasteiger partial charge in [-0.2, -0.15) is 0 Å². The zero-order valence-corrected chi connectivity index (χ0v) is 6.43. The van der Waals surface area contributed by atoms with E-state index in [2.05, 4.69) is 0 Å². The van der Waals surface area contributed by atoms with Crippen molar-refractivity contribution in [3.05, 3.63) is 20.2 Å². The minimum Gasteiger partial charge on any atom is -0.303 e. The number of nitrogens with zero attached hydrogens (tertiary/aromatic N) is 2. The Morgan fingerprint density at radius 2 is 1.75 bits per heavy atom. The fraction of sp³-hybridized carbons (Fsp3) is 0.800. The number of rotatable bonds is 5. The fourth-order valence-electron chi connectivity index (χ4n) is 0.752. The van der Waals surface area contributed by atoms with Crippen LogP contribution in [-0.2, 0) is 4.79 Å². The minimum absolute atomic E-state index is 0.190. The molecule has 0 heterocycles. The Kier molecular flexibility index (Phi) is 3.27. The van der Waals surface area contributed by atoms with Crippen LogP contribution in [0, 0.1) is 20.2 Å². The van der Waals surface area contributed by atoms with Crippen LogP contribution in [0.1, 0.15) is 19.8 Å². The van der Waals surface area contributed by atoms with E-state index in [1.165, 1.54) is 6.92 Å². The van der Waals surface area contributed by atoms with Crippen LogP contribution in [0.3, 0.4) is 0 Å². The molecule has 0 aliphatic heterocycles. The smallest absolute Gasteiger partial charge is 0.303 e. The predicted molar refractivity (Wildman–Crippen MR) is 37.7 cm³/mol. The summed E-state index contributed by atoms with van der Waals surface area (Å²) in [5, 5.41) is 20.6. The molecule has 0 atom stereocenters. The van der Waals surface area contributed by atoms with E-state index in [1.807, 2.05) is 0 Å². The molecule has 0 saturated heterocycles. The summed E-state index contributed by atoms with van der Waals surface area (Å²) in [7, 11) is 0. The van der Waals surface area contributed by atoms with Gasteiger partial charge >= 0.3 is 5.66 Å². The lowest BCUT2D eigenvalue weighted by molar-refractivity contribution is -0.795. The van der Waals surface area contributed by atoms with Gasteiger partial charge in [-0.15, -0.1) is 0 Å². The summed E-state index contributed by atoms with van der Waals surface area (Å²) in [5.41, 5.74) is -2.33. The van der Waals surface area contributed by atoms with Gasteiger partial charge < -0.3 is 4.79 Å². The molecular weight excluding hydrogens is 168 g/mol. The lowest BCUT2D eigenvalue weighted by Gasteiger charge is -2.11. The molecule has 0 amide bonds. The molecule has 0 aromatic heterocycles. The summed E-state index contributed by atoms with van der Waals surface area (Å²) in [6, 6.07) is 0. The van der Waals surface area contributed by atoms with Crippen molar-refractivity contribution in [1.29, 1.82) is 0 Å². The molecule has 0 bridgehead atoms. The molecule has 12 heavy (non-hydrogen) atoms. The third kappa shape index (κ3) is 1.55. The van der Waals surface area contributed by atoms with Gasteiger partial charge in [-0.25, -0.2) is 0 Å². The van der Waals surface area contributed by atoms with Crippen LogP contribution in [-0.4, -0.2) is 21.8 Å². The number of hydrogen-bond donors (Lipinski definition) is 0. The maximum Gasteiger partial charge on any atom is 0.464 e. The lowest BCUT2D eigenvalue weighted by Crippen LogP contribution is -2.45. The van der Waals surface area contributed by atoms with Crippen molar-refractivity contribution < 1.29 is 14.6 Å². The number of nitro groups is 2. The highest BCUT2D eigenvalue weighted by Crippen LogP contribution is 2.18. The van der Waals surface area contributed by atoms with Crippen molar-refractivity contribution >= 4 is 6.29 Å². The van der Waals surface area contributed by atoms with E-state index in [9.17, 15) is 25.0 Å². The Morgan fingerprint density at radius 3 is 1.83 bits per heavy atom. The molecule has 0 unspecified atom stereocenters. The van der Waals surface area contributed by atoms with E-state index >= 15 is 0 Å². The molecule has 0 aliphatic rings. The molecule has 0 aromatic carbocycles. The van der Waals surface area contributed by atoms with Crippen molar-refractivity contribution in [2.75, 3.05) is 0 Å². The van der Waals surface area contributed by atoms with Gasteiger partial charge in [0.15, 0.2) is 0 Å². The van der Waals surface area contributed by atoms with Crippen LogP contribution in [0.2, 0.25) is 0 Å². The van der Waals surface area contributed by atoms with E-state index in [-0.39, 0.29) is 12.7 Å². The summed E-state index contributed by atoms with van der Waals surface area (Å²) < 4.78 is 0. The van der Waals surface area contributed by atoms with Gasteiger partial charge in [-0.05, 0) is 0 Å². The average Bonchev–Trinajstić information content (AvgIpc) is 1.98. The lowest BCUT2D eigenvalue weighted by atomic mass is 10.1. The van der Waals surface area contributed by atoms with Crippen LogP contribution < -0.4 is 0 Å². The van der Waals surface area contributed by atoms with Crippen molar-refractivity contribution in [3.63, 3.8) is 0 Å². The highest BCUT2D eigenvalue weighted by Gasteiger charge is 2.53. The first kappa shape index (κ1) is 10.5. The van der Waals surface area contributed by atoms with Gasteiger partial charge in [-0.3, -0.25) is 20.2 Å². The molecule has 68 valence electrons. The molecule has 0 rings (SSSR count). The Hall–Kier alpha value is -1.53. The molecule has 0 saturated carbocycles. The second-order valence-corrected chi connectivity index (χ2v) is 2.22. The Morgan fingerprint density at radius 1 is 1.33 bits per heavy atom. The molecule has 0 radical (unpaired) electrons. The minimum atomic E-state index is -2.33. The van der Waals surface area contributed by atoms with E-state index in [0.29, 0.717) is 0 Å². The second kappa shape index (κ2) is 3.74. The first-order valence-electron chi connectivity index (χ1n) is 3.24. The third-order valence-electron chi connectivity index (χ3n) is 1.66. The second-order valence-electron chi connectivity index (χ2n) is 2.22. The number of hydrogen-bond acceptors (Lipinski definition) is 5. The van der Waals surface area contributed by atoms with Gasteiger partial charge in [0.25, 0.3) is 0 Å². The van der Waals surface area contributed by atoms with Crippen molar-refractivity contribution in [1.82, 2.24) is 0 Å². The maximum absolute atomic E-state index is 10.3. The molecule has 0 N–H and O–H groups in total. The quantitative estimate of drug-likeness (QED) is 0.258. The topological polar surface area (TPSA) is 103 Å². The normalized spacial score (nSPS) is 10.8. The molecule has 7 heteroatoms. The van der Waals surface area contributed by atoms with Crippen molar-refractivity contribution in [2.24, 2.45) is 0 Å². The first-order chi connectivity index (χ1) is 5.51. The first-order valence-corrected chi connectivity index (χ1v) is 3.24. The summed E-state index contributed by atoms with van der Waals surface area (Å²) in [5.74, 6) is 0. The monoisotopic (exact) mass is 176 g/mol. The Balaban J connectivity index is 4.88. The fourth-order valence-corrected chi connectivity index (χ4v) is 0.752. The van der Waals surface area contributed by atoms with Crippen molar-refractivity contribution in [3.8, 4) is 0 Å². The Labute approximate surface area is 67.7 Å². The third-order valence-corrected chi connectivity index (χ3v) is 1.66. The highest BCUT2D eigenvalue weighted by atomic mass is 16.7. The van der Waals surface area contributed by atoms with Gasteiger partial charge in [0.2, 0.25) is 0 Å². The van der Waals surface area contributed by atoms with Gasteiger partial charge in [0, 0.05) is 0 Å². The zero-order chi connectivity index (χ0) is 9.78. The zero-order valence-electron chi connectivity index (χ0n) is 6.43. The SMILES string of the molecule is CCC(CC=O)([N+](=O)[O-])[N+](=O)[O-]. The Bertz CT molecular complexity index is 200. The largest absolute Gasteiger partial charge is 0.464 e. The standard InChI is InChI=1S/C5H8N2O5/c1-2-5(3-4-8,6(9)10)7(11)12/h4H,2-3H2,1H3. The summed E-state index contributed by atoms with van der Waals surface area (Å²) in [6.45, 7) is 1.30.